The second-order valence-electron chi connectivity index (χ2n) is 5.82. The van der Waals surface area contributed by atoms with Gasteiger partial charge in [0, 0.05) is 45.5 Å². The second kappa shape index (κ2) is 7.53. The molecule has 6 nitrogen and oxygen atoms in total. The minimum atomic E-state index is -0.237. The van der Waals surface area contributed by atoms with Crippen LogP contribution >= 0.6 is 11.6 Å². The number of carbonyl (C=O) groups is 2. The molecule has 0 aliphatic carbocycles. The van der Waals surface area contributed by atoms with Crippen LogP contribution in [-0.4, -0.2) is 47.9 Å². The molecule has 2 heterocycles. The van der Waals surface area contributed by atoms with Gasteiger partial charge in [-0.05, 0) is 24.3 Å². The molecule has 1 saturated heterocycles. The van der Waals surface area contributed by atoms with Crippen molar-refractivity contribution in [1.82, 2.24) is 9.88 Å². The first-order valence-corrected chi connectivity index (χ1v) is 8.44. The van der Waals surface area contributed by atoms with Gasteiger partial charge in [-0.1, -0.05) is 17.7 Å². The second-order valence-corrected chi connectivity index (χ2v) is 6.23. The summed E-state index contributed by atoms with van der Waals surface area (Å²) in [4.78, 5) is 31.8. The lowest BCUT2D eigenvalue weighted by Gasteiger charge is -2.37. The smallest absolute Gasteiger partial charge is 0.257 e. The Morgan fingerprint density at radius 1 is 1.12 bits per heavy atom. The van der Waals surface area contributed by atoms with E-state index >= 15 is 0 Å². The van der Waals surface area contributed by atoms with Crippen molar-refractivity contribution in [2.75, 3.05) is 36.4 Å². The van der Waals surface area contributed by atoms with Gasteiger partial charge in [-0.25, -0.2) is 0 Å². The Labute approximate surface area is 151 Å². The third kappa shape index (κ3) is 3.91. The van der Waals surface area contributed by atoms with Crippen molar-refractivity contribution < 1.29 is 9.59 Å². The molecule has 7 heteroatoms. The van der Waals surface area contributed by atoms with E-state index in [9.17, 15) is 9.59 Å². The average molecular weight is 359 g/mol. The molecular formula is C18H19ClN4O2. The number of amides is 2. The standard InChI is InChI=1S/C18H19ClN4O2/c1-13(24)22-8-10-23(11-9-22)17-15(19)5-2-6-16(17)21-18(25)14-4-3-7-20-12-14/h2-7,12H,8-11H2,1H3,(H,21,25). The van der Waals surface area contributed by atoms with Crippen molar-refractivity contribution in [2.45, 2.75) is 6.92 Å². The lowest BCUT2D eigenvalue weighted by Crippen LogP contribution is -2.48. The molecule has 1 N–H and O–H groups in total. The molecular weight excluding hydrogens is 340 g/mol. The quantitative estimate of drug-likeness (QED) is 0.916. The van der Waals surface area contributed by atoms with Gasteiger partial charge in [0.1, 0.15) is 0 Å². The van der Waals surface area contributed by atoms with Crippen LogP contribution in [0.1, 0.15) is 17.3 Å². The molecule has 130 valence electrons. The zero-order chi connectivity index (χ0) is 17.8. The molecule has 0 saturated carbocycles. The van der Waals surface area contributed by atoms with Crippen molar-refractivity contribution in [1.29, 1.82) is 0 Å². The first kappa shape index (κ1) is 17.2. The number of carbonyl (C=O) groups excluding carboxylic acids is 2. The molecule has 0 spiro atoms. The fourth-order valence-electron chi connectivity index (χ4n) is 2.87. The fourth-order valence-corrected chi connectivity index (χ4v) is 3.17. The SMILES string of the molecule is CC(=O)N1CCN(c2c(Cl)cccc2NC(=O)c2cccnc2)CC1. The molecule has 1 aliphatic heterocycles. The van der Waals surface area contributed by atoms with Gasteiger partial charge < -0.3 is 15.1 Å². The number of benzene rings is 1. The van der Waals surface area contributed by atoms with Gasteiger partial charge in [-0.2, -0.15) is 0 Å². The Kier molecular flexibility index (Phi) is 5.19. The molecule has 1 aliphatic rings. The highest BCUT2D eigenvalue weighted by Crippen LogP contribution is 2.34. The highest BCUT2D eigenvalue weighted by molar-refractivity contribution is 6.34. The first-order valence-electron chi connectivity index (χ1n) is 8.06. The maximum absolute atomic E-state index is 12.4. The maximum atomic E-state index is 12.4. The lowest BCUT2D eigenvalue weighted by molar-refractivity contribution is -0.129. The van der Waals surface area contributed by atoms with Crippen LogP contribution in [0.15, 0.2) is 42.7 Å². The zero-order valence-corrected chi connectivity index (χ0v) is 14.7. The van der Waals surface area contributed by atoms with Crippen molar-refractivity contribution in [2.24, 2.45) is 0 Å². The van der Waals surface area contributed by atoms with Gasteiger partial charge in [0.25, 0.3) is 5.91 Å². The summed E-state index contributed by atoms with van der Waals surface area (Å²) in [6, 6.07) is 8.85. The third-order valence-electron chi connectivity index (χ3n) is 4.20. The Morgan fingerprint density at radius 2 is 1.88 bits per heavy atom. The molecule has 3 rings (SSSR count). The van der Waals surface area contributed by atoms with Crippen LogP contribution < -0.4 is 10.2 Å². The Hall–Kier alpha value is -2.60. The summed E-state index contributed by atoms with van der Waals surface area (Å²) < 4.78 is 0. The Bertz CT molecular complexity index is 774. The number of hydrogen-bond acceptors (Lipinski definition) is 4. The number of rotatable bonds is 3. The van der Waals surface area contributed by atoms with Crippen molar-refractivity contribution in [3.8, 4) is 0 Å². The molecule has 0 unspecified atom stereocenters. The molecule has 2 aromatic rings. The maximum Gasteiger partial charge on any atom is 0.257 e. The number of pyridine rings is 1. The molecule has 0 radical (unpaired) electrons. The van der Waals surface area contributed by atoms with Crippen molar-refractivity contribution in [3.05, 3.63) is 53.3 Å². The summed E-state index contributed by atoms with van der Waals surface area (Å²) in [6.45, 7) is 4.18. The van der Waals surface area contributed by atoms with Gasteiger partial charge in [0.2, 0.25) is 5.91 Å². The van der Waals surface area contributed by atoms with E-state index in [1.54, 1.807) is 42.3 Å². The molecule has 2 amide bonds. The van der Waals surface area contributed by atoms with E-state index in [0.29, 0.717) is 42.5 Å². The van der Waals surface area contributed by atoms with Crippen LogP contribution in [0.3, 0.4) is 0 Å². The zero-order valence-electron chi connectivity index (χ0n) is 13.9. The van der Waals surface area contributed by atoms with Crippen LogP contribution in [-0.2, 0) is 4.79 Å². The van der Waals surface area contributed by atoms with Crippen LogP contribution in [0, 0.1) is 0 Å². The molecule has 1 fully saturated rings. The molecule has 1 aromatic carbocycles. The topological polar surface area (TPSA) is 65.5 Å². The minimum absolute atomic E-state index is 0.0731. The van der Waals surface area contributed by atoms with Crippen molar-refractivity contribution in [3.63, 3.8) is 0 Å². The summed E-state index contributed by atoms with van der Waals surface area (Å²) in [5, 5.41) is 3.48. The largest absolute Gasteiger partial charge is 0.365 e. The predicted molar refractivity (Wildman–Crippen MR) is 98.1 cm³/mol. The van der Waals surface area contributed by atoms with E-state index < -0.39 is 0 Å². The Balaban J connectivity index is 1.81. The summed E-state index contributed by atoms with van der Waals surface area (Å²) in [7, 11) is 0. The monoisotopic (exact) mass is 358 g/mol. The highest BCUT2D eigenvalue weighted by atomic mass is 35.5. The third-order valence-corrected chi connectivity index (χ3v) is 4.50. The van der Waals surface area contributed by atoms with Crippen LogP contribution in [0.4, 0.5) is 11.4 Å². The number of aromatic nitrogens is 1. The molecule has 0 atom stereocenters. The lowest BCUT2D eigenvalue weighted by atomic mass is 10.2. The van der Waals surface area contributed by atoms with E-state index in [-0.39, 0.29) is 11.8 Å². The summed E-state index contributed by atoms with van der Waals surface area (Å²) >= 11 is 6.41. The van der Waals surface area contributed by atoms with Crippen LogP contribution in [0.5, 0.6) is 0 Å². The number of halogens is 1. The van der Waals surface area contributed by atoms with E-state index in [1.165, 1.54) is 6.20 Å². The number of nitrogens with zero attached hydrogens (tertiary/aromatic N) is 3. The predicted octanol–water partition coefficient (Wildman–Crippen LogP) is 2.66. The molecule has 1 aromatic heterocycles. The Morgan fingerprint density at radius 3 is 2.52 bits per heavy atom. The fraction of sp³-hybridized carbons (Fsp3) is 0.278. The van der Waals surface area contributed by atoms with Crippen molar-refractivity contribution >= 4 is 34.8 Å². The van der Waals surface area contributed by atoms with Gasteiger partial charge in [0.15, 0.2) is 0 Å². The van der Waals surface area contributed by atoms with E-state index in [4.69, 9.17) is 11.6 Å². The van der Waals surface area contributed by atoms with Gasteiger partial charge in [-0.3, -0.25) is 14.6 Å². The number of piperazine rings is 1. The van der Waals surface area contributed by atoms with E-state index in [1.807, 2.05) is 6.07 Å². The van der Waals surface area contributed by atoms with E-state index in [0.717, 1.165) is 5.69 Å². The average Bonchev–Trinajstić information content (AvgIpc) is 2.63. The van der Waals surface area contributed by atoms with Gasteiger partial charge in [0.05, 0.1) is 22.0 Å². The molecule has 0 bridgehead atoms. The summed E-state index contributed by atoms with van der Waals surface area (Å²) in [5.41, 5.74) is 1.91. The number of para-hydroxylation sites is 1. The van der Waals surface area contributed by atoms with Gasteiger partial charge >= 0.3 is 0 Å². The normalized spacial score (nSPS) is 14.3. The van der Waals surface area contributed by atoms with Crippen LogP contribution in [0.2, 0.25) is 5.02 Å². The van der Waals surface area contributed by atoms with Gasteiger partial charge in [-0.15, -0.1) is 0 Å². The summed E-state index contributed by atoms with van der Waals surface area (Å²) in [5.74, 6) is -0.164. The first-order chi connectivity index (χ1) is 12.1. The number of hydrogen-bond donors (Lipinski definition) is 1. The number of anilines is 2. The van der Waals surface area contributed by atoms with E-state index in [2.05, 4.69) is 15.2 Å². The summed E-state index contributed by atoms with van der Waals surface area (Å²) in [6.07, 6.45) is 3.14. The van der Waals surface area contributed by atoms with Crippen LogP contribution in [0.25, 0.3) is 0 Å². The number of nitrogens with one attached hydrogen (secondary N) is 1. The minimum Gasteiger partial charge on any atom is -0.365 e. The highest BCUT2D eigenvalue weighted by Gasteiger charge is 2.23. The molecule has 25 heavy (non-hydrogen) atoms.